The molecule has 0 aromatic heterocycles. The van der Waals surface area contributed by atoms with Crippen molar-refractivity contribution in [1.82, 2.24) is 4.90 Å². The fourth-order valence-corrected chi connectivity index (χ4v) is 4.59. The summed E-state index contributed by atoms with van der Waals surface area (Å²) in [5.41, 5.74) is 3.01. The molecule has 34 heavy (non-hydrogen) atoms. The van der Waals surface area contributed by atoms with Crippen molar-refractivity contribution >= 4 is 50.9 Å². The molecule has 0 saturated carbocycles. The summed E-state index contributed by atoms with van der Waals surface area (Å²) in [5, 5.41) is -0.317. The summed E-state index contributed by atoms with van der Waals surface area (Å²) in [6, 6.07) is 19.6. The van der Waals surface area contributed by atoms with E-state index in [4.69, 9.17) is 9.47 Å². The molecule has 4 rings (SSSR count). The van der Waals surface area contributed by atoms with Gasteiger partial charge in [0.1, 0.15) is 0 Å². The van der Waals surface area contributed by atoms with E-state index in [1.807, 2.05) is 31.2 Å². The van der Waals surface area contributed by atoms with Crippen LogP contribution >= 0.6 is 27.7 Å². The van der Waals surface area contributed by atoms with Gasteiger partial charge in [0.2, 0.25) is 0 Å². The zero-order valence-corrected chi connectivity index (χ0v) is 20.8. The van der Waals surface area contributed by atoms with E-state index in [9.17, 15) is 14.4 Å². The second kappa shape index (κ2) is 10.3. The van der Waals surface area contributed by atoms with Gasteiger partial charge in [-0.3, -0.25) is 14.5 Å². The number of carbonyl (C=O) groups excluding carboxylic acids is 3. The third-order valence-corrected chi connectivity index (χ3v) is 6.72. The lowest BCUT2D eigenvalue weighted by Gasteiger charge is -2.12. The zero-order chi connectivity index (χ0) is 24.2. The smallest absolute Gasteiger partial charge is 0.344 e. The van der Waals surface area contributed by atoms with Gasteiger partial charge in [0.15, 0.2) is 11.5 Å². The van der Waals surface area contributed by atoms with Crippen molar-refractivity contribution in [3.8, 4) is 11.5 Å². The highest BCUT2D eigenvalue weighted by Gasteiger charge is 2.35. The number of amides is 2. The molecule has 6 nitrogen and oxygen atoms in total. The van der Waals surface area contributed by atoms with Gasteiger partial charge in [-0.15, -0.1) is 0 Å². The Morgan fingerprint density at radius 1 is 1.03 bits per heavy atom. The molecular weight excluding hydrogens is 518 g/mol. The van der Waals surface area contributed by atoms with Gasteiger partial charge in [-0.25, -0.2) is 4.79 Å². The molecular formula is C26H20BrNO5S. The minimum atomic E-state index is -0.532. The highest BCUT2D eigenvalue weighted by molar-refractivity contribution is 9.10. The van der Waals surface area contributed by atoms with Gasteiger partial charge in [-0.1, -0.05) is 48.0 Å². The highest BCUT2D eigenvalue weighted by Crippen LogP contribution is 2.35. The van der Waals surface area contributed by atoms with Crippen LogP contribution in [0.5, 0.6) is 11.5 Å². The summed E-state index contributed by atoms with van der Waals surface area (Å²) in [6.07, 6.45) is 1.63. The van der Waals surface area contributed by atoms with Gasteiger partial charge in [0.25, 0.3) is 11.1 Å². The second-order valence-electron chi connectivity index (χ2n) is 7.53. The maximum absolute atomic E-state index is 12.9. The maximum atomic E-state index is 12.9. The summed E-state index contributed by atoms with van der Waals surface area (Å²) >= 11 is 4.23. The lowest BCUT2D eigenvalue weighted by atomic mass is 10.1. The van der Waals surface area contributed by atoms with Gasteiger partial charge in [0.05, 0.1) is 24.1 Å². The molecule has 0 spiro atoms. The number of carbonyl (C=O) groups is 3. The first kappa shape index (κ1) is 23.8. The van der Waals surface area contributed by atoms with Crippen molar-refractivity contribution < 1.29 is 23.9 Å². The largest absolute Gasteiger partial charge is 0.493 e. The summed E-state index contributed by atoms with van der Waals surface area (Å²) in [7, 11) is 1.46. The predicted molar refractivity (Wildman–Crippen MR) is 135 cm³/mol. The number of hydrogen-bond acceptors (Lipinski definition) is 6. The van der Waals surface area contributed by atoms with Crippen molar-refractivity contribution in [3.63, 3.8) is 0 Å². The fourth-order valence-electron chi connectivity index (χ4n) is 3.30. The Morgan fingerprint density at radius 2 is 1.76 bits per heavy atom. The predicted octanol–water partition coefficient (Wildman–Crippen LogP) is 6.22. The Morgan fingerprint density at radius 3 is 2.47 bits per heavy atom. The van der Waals surface area contributed by atoms with Crippen LogP contribution < -0.4 is 9.47 Å². The molecule has 3 aromatic rings. The first-order valence-electron chi connectivity index (χ1n) is 10.3. The number of ether oxygens (including phenoxy) is 2. The van der Waals surface area contributed by atoms with Gasteiger partial charge < -0.3 is 9.47 Å². The second-order valence-corrected chi connectivity index (χ2v) is 9.38. The molecule has 1 aliphatic rings. The zero-order valence-electron chi connectivity index (χ0n) is 18.4. The molecule has 0 aliphatic carbocycles. The molecule has 1 fully saturated rings. The van der Waals surface area contributed by atoms with Crippen molar-refractivity contribution in [3.05, 3.63) is 98.4 Å². The Kier molecular flexibility index (Phi) is 7.19. The van der Waals surface area contributed by atoms with E-state index in [-0.39, 0.29) is 23.4 Å². The van der Waals surface area contributed by atoms with Crippen LogP contribution in [0.3, 0.4) is 0 Å². The third-order valence-electron chi connectivity index (χ3n) is 5.12. The first-order valence-corrected chi connectivity index (χ1v) is 11.9. The van der Waals surface area contributed by atoms with Crippen molar-refractivity contribution in [2.75, 3.05) is 7.11 Å². The first-order chi connectivity index (χ1) is 16.4. The Balaban J connectivity index is 1.52. The molecule has 172 valence electrons. The summed E-state index contributed by atoms with van der Waals surface area (Å²) in [6.45, 7) is 2.20. The number of methoxy groups -OCH3 is 1. The quantitative estimate of drug-likeness (QED) is 0.211. The van der Waals surface area contributed by atoms with Crippen LogP contribution in [0.2, 0.25) is 0 Å². The molecule has 8 heteroatoms. The number of aryl methyl sites for hydroxylation is 1. The fraction of sp³-hybridized carbons (Fsp3) is 0.115. The van der Waals surface area contributed by atoms with Crippen molar-refractivity contribution in [1.29, 1.82) is 0 Å². The molecule has 1 saturated heterocycles. The molecule has 0 radical (unpaired) electrons. The number of halogens is 1. The van der Waals surface area contributed by atoms with Crippen LogP contribution in [-0.4, -0.2) is 29.1 Å². The van der Waals surface area contributed by atoms with Crippen LogP contribution in [0.25, 0.3) is 6.08 Å². The number of thioether (sulfide) groups is 1. The van der Waals surface area contributed by atoms with E-state index in [1.165, 1.54) is 12.0 Å². The van der Waals surface area contributed by atoms with Crippen LogP contribution in [0.1, 0.15) is 27.0 Å². The minimum absolute atomic E-state index is 0.218. The third kappa shape index (κ3) is 5.24. The number of nitrogens with zero attached hydrogens (tertiary/aromatic N) is 1. The van der Waals surface area contributed by atoms with Crippen LogP contribution in [0.15, 0.2) is 76.1 Å². The SMILES string of the molecule is COc1cc(/C=C2\SC(=O)N(Cc3ccc(C)cc3)C2=O)ccc1OC(=O)c1ccccc1Br. The summed E-state index contributed by atoms with van der Waals surface area (Å²) < 4.78 is 11.5. The molecule has 2 amide bonds. The Bertz CT molecular complexity index is 1300. The Hall–Kier alpha value is -3.36. The minimum Gasteiger partial charge on any atom is -0.493 e. The van der Waals surface area contributed by atoms with Crippen molar-refractivity contribution in [2.45, 2.75) is 13.5 Å². The van der Waals surface area contributed by atoms with Crippen LogP contribution in [0, 0.1) is 6.92 Å². The number of esters is 1. The van der Waals surface area contributed by atoms with Gasteiger partial charge in [0, 0.05) is 4.47 Å². The average Bonchev–Trinajstić information content (AvgIpc) is 3.08. The number of imide groups is 1. The molecule has 1 aliphatic heterocycles. The molecule has 3 aromatic carbocycles. The van der Waals surface area contributed by atoms with E-state index in [0.717, 1.165) is 22.9 Å². The summed E-state index contributed by atoms with van der Waals surface area (Å²) in [4.78, 5) is 39.4. The monoisotopic (exact) mass is 537 g/mol. The van der Waals surface area contributed by atoms with Crippen LogP contribution in [-0.2, 0) is 11.3 Å². The maximum Gasteiger partial charge on any atom is 0.344 e. The lowest BCUT2D eigenvalue weighted by Crippen LogP contribution is -2.27. The standard InChI is InChI=1S/C26H20BrNO5S/c1-16-7-9-17(10-8-16)15-28-24(29)23(34-26(28)31)14-18-11-12-21(22(13-18)32-2)33-25(30)19-5-3-4-6-20(19)27/h3-14H,15H2,1-2H3/b23-14-. The summed E-state index contributed by atoms with van der Waals surface area (Å²) in [5.74, 6) is -0.310. The lowest BCUT2D eigenvalue weighted by molar-refractivity contribution is -0.123. The Labute approximate surface area is 209 Å². The topological polar surface area (TPSA) is 72.9 Å². The van der Waals surface area contributed by atoms with Gasteiger partial charge in [-0.05, 0) is 76.1 Å². The van der Waals surface area contributed by atoms with E-state index in [0.29, 0.717) is 26.3 Å². The van der Waals surface area contributed by atoms with Gasteiger partial charge in [-0.2, -0.15) is 0 Å². The molecule has 0 atom stereocenters. The van der Waals surface area contributed by atoms with E-state index in [1.54, 1.807) is 48.5 Å². The number of benzene rings is 3. The van der Waals surface area contributed by atoms with Crippen molar-refractivity contribution in [2.24, 2.45) is 0 Å². The van der Waals surface area contributed by atoms with Gasteiger partial charge >= 0.3 is 5.97 Å². The molecule has 0 N–H and O–H groups in total. The van der Waals surface area contributed by atoms with E-state index < -0.39 is 5.97 Å². The van der Waals surface area contributed by atoms with E-state index in [2.05, 4.69) is 15.9 Å². The van der Waals surface area contributed by atoms with Crippen LogP contribution in [0.4, 0.5) is 4.79 Å². The number of rotatable bonds is 6. The highest BCUT2D eigenvalue weighted by atomic mass is 79.9. The normalized spacial score (nSPS) is 14.6. The molecule has 0 bridgehead atoms. The average molecular weight is 538 g/mol. The molecule has 0 unspecified atom stereocenters. The molecule has 1 heterocycles. The van der Waals surface area contributed by atoms with E-state index >= 15 is 0 Å². The number of hydrogen-bond donors (Lipinski definition) is 0.